The van der Waals surface area contributed by atoms with Crippen molar-refractivity contribution in [3.63, 3.8) is 0 Å². The molecule has 24 heavy (non-hydrogen) atoms. The number of carbonyl (C=O) groups is 1. The molecular formula is C18H24N4O2. The fraction of sp³-hybridized carbons (Fsp3) is 0.444. The molecule has 2 amide bonds. The predicted octanol–water partition coefficient (Wildman–Crippen LogP) is 2.17. The van der Waals surface area contributed by atoms with Gasteiger partial charge in [-0.2, -0.15) is 0 Å². The van der Waals surface area contributed by atoms with E-state index in [0.717, 1.165) is 30.6 Å². The Balaban J connectivity index is 1.52. The van der Waals surface area contributed by atoms with Gasteiger partial charge in [-0.25, -0.2) is 9.78 Å². The van der Waals surface area contributed by atoms with Gasteiger partial charge in [-0.15, -0.1) is 0 Å². The van der Waals surface area contributed by atoms with Gasteiger partial charge in [0.1, 0.15) is 0 Å². The van der Waals surface area contributed by atoms with Crippen LogP contribution in [-0.2, 0) is 6.54 Å². The molecule has 0 radical (unpaired) electrons. The van der Waals surface area contributed by atoms with Gasteiger partial charge >= 0.3 is 6.03 Å². The van der Waals surface area contributed by atoms with Gasteiger partial charge < -0.3 is 19.9 Å². The van der Waals surface area contributed by atoms with Crippen molar-refractivity contribution in [2.75, 3.05) is 13.1 Å². The highest BCUT2D eigenvalue weighted by Gasteiger charge is 2.26. The molecule has 3 rings (SSSR count). The van der Waals surface area contributed by atoms with Gasteiger partial charge in [0.25, 0.3) is 0 Å². The number of aromatic nitrogens is 2. The number of imidazole rings is 1. The number of benzene rings is 1. The SMILES string of the molecule is CC(O)C1CCCN(C(=O)NCc2ccc(-n3ccnc3)cc2)C1. The first kappa shape index (κ1) is 16.5. The molecule has 0 bridgehead atoms. The molecule has 2 aromatic rings. The van der Waals surface area contributed by atoms with Gasteiger partial charge in [-0.3, -0.25) is 0 Å². The summed E-state index contributed by atoms with van der Waals surface area (Å²) in [6.07, 6.45) is 6.96. The largest absolute Gasteiger partial charge is 0.393 e. The lowest BCUT2D eigenvalue weighted by Crippen LogP contribution is -2.47. The Morgan fingerprint density at radius 2 is 2.21 bits per heavy atom. The first-order valence-electron chi connectivity index (χ1n) is 8.41. The number of hydrogen-bond acceptors (Lipinski definition) is 3. The van der Waals surface area contributed by atoms with Crippen LogP contribution < -0.4 is 5.32 Å². The quantitative estimate of drug-likeness (QED) is 0.904. The topological polar surface area (TPSA) is 70.4 Å². The molecule has 2 N–H and O–H groups in total. The minimum atomic E-state index is -0.365. The molecule has 2 heterocycles. The second-order valence-electron chi connectivity index (χ2n) is 6.38. The number of carbonyl (C=O) groups excluding carboxylic acids is 1. The molecule has 2 unspecified atom stereocenters. The molecule has 6 heteroatoms. The molecular weight excluding hydrogens is 304 g/mol. The molecule has 0 saturated carbocycles. The maximum Gasteiger partial charge on any atom is 0.317 e. The number of piperidine rings is 1. The second-order valence-corrected chi connectivity index (χ2v) is 6.38. The van der Waals surface area contributed by atoms with E-state index in [-0.39, 0.29) is 18.1 Å². The summed E-state index contributed by atoms with van der Waals surface area (Å²) in [5.74, 6) is 0.180. The first-order chi connectivity index (χ1) is 11.6. The summed E-state index contributed by atoms with van der Waals surface area (Å²) >= 11 is 0. The van der Waals surface area contributed by atoms with Crippen molar-refractivity contribution >= 4 is 6.03 Å². The number of aliphatic hydroxyl groups excluding tert-OH is 1. The van der Waals surface area contributed by atoms with Crippen molar-refractivity contribution in [3.8, 4) is 5.69 Å². The van der Waals surface area contributed by atoms with E-state index in [1.54, 1.807) is 24.3 Å². The number of nitrogens with zero attached hydrogens (tertiary/aromatic N) is 3. The summed E-state index contributed by atoms with van der Waals surface area (Å²) in [6, 6.07) is 7.97. The number of rotatable bonds is 4. The molecule has 128 valence electrons. The Bertz CT molecular complexity index is 652. The fourth-order valence-corrected chi connectivity index (χ4v) is 3.08. The van der Waals surface area contributed by atoms with Crippen molar-refractivity contribution < 1.29 is 9.90 Å². The smallest absolute Gasteiger partial charge is 0.317 e. The van der Waals surface area contributed by atoms with Gasteiger partial charge in [-0.1, -0.05) is 12.1 Å². The zero-order chi connectivity index (χ0) is 16.9. The van der Waals surface area contributed by atoms with Crippen molar-refractivity contribution in [2.24, 2.45) is 5.92 Å². The molecule has 1 aromatic heterocycles. The number of amides is 2. The average molecular weight is 328 g/mol. The molecule has 1 saturated heterocycles. The highest BCUT2D eigenvalue weighted by Crippen LogP contribution is 2.19. The Morgan fingerprint density at radius 3 is 2.88 bits per heavy atom. The normalized spacial score (nSPS) is 19.1. The summed E-state index contributed by atoms with van der Waals surface area (Å²) in [5.41, 5.74) is 2.09. The summed E-state index contributed by atoms with van der Waals surface area (Å²) in [7, 11) is 0. The van der Waals surface area contributed by atoms with Crippen LogP contribution in [0, 0.1) is 5.92 Å². The van der Waals surface area contributed by atoms with Gasteiger partial charge in [-0.05, 0) is 37.5 Å². The highest BCUT2D eigenvalue weighted by atomic mass is 16.3. The Kier molecular flexibility index (Phi) is 5.15. The van der Waals surface area contributed by atoms with Crippen LogP contribution in [0.5, 0.6) is 0 Å². The van der Waals surface area contributed by atoms with E-state index < -0.39 is 0 Å². The van der Waals surface area contributed by atoms with Crippen LogP contribution in [0.3, 0.4) is 0 Å². The molecule has 1 fully saturated rings. The van der Waals surface area contributed by atoms with Crippen LogP contribution >= 0.6 is 0 Å². The van der Waals surface area contributed by atoms with E-state index in [1.165, 1.54) is 0 Å². The van der Waals surface area contributed by atoms with Gasteiger partial charge in [0.15, 0.2) is 0 Å². The number of likely N-dealkylation sites (tertiary alicyclic amines) is 1. The Morgan fingerprint density at radius 1 is 1.42 bits per heavy atom. The molecule has 2 atom stereocenters. The monoisotopic (exact) mass is 328 g/mol. The van der Waals surface area contributed by atoms with Crippen LogP contribution in [0.1, 0.15) is 25.3 Å². The summed E-state index contributed by atoms with van der Waals surface area (Å²) in [4.78, 5) is 18.2. The van der Waals surface area contributed by atoms with Crippen LogP contribution in [0.4, 0.5) is 4.79 Å². The third kappa shape index (κ3) is 3.94. The Labute approximate surface area is 142 Å². The molecule has 0 spiro atoms. The van der Waals surface area contributed by atoms with Gasteiger partial charge in [0.2, 0.25) is 0 Å². The predicted molar refractivity (Wildman–Crippen MR) is 91.8 cm³/mol. The summed E-state index contributed by atoms with van der Waals surface area (Å²) in [6.45, 7) is 3.68. The maximum absolute atomic E-state index is 12.3. The van der Waals surface area contributed by atoms with Crippen molar-refractivity contribution in [2.45, 2.75) is 32.4 Å². The maximum atomic E-state index is 12.3. The number of nitrogens with one attached hydrogen (secondary N) is 1. The average Bonchev–Trinajstić information content (AvgIpc) is 3.15. The fourth-order valence-electron chi connectivity index (χ4n) is 3.08. The molecule has 1 aliphatic heterocycles. The van der Waals surface area contributed by atoms with E-state index in [0.29, 0.717) is 13.1 Å². The Hall–Kier alpha value is -2.34. The lowest BCUT2D eigenvalue weighted by atomic mass is 9.94. The van der Waals surface area contributed by atoms with Crippen LogP contribution in [0.15, 0.2) is 43.0 Å². The minimum absolute atomic E-state index is 0.0564. The molecule has 6 nitrogen and oxygen atoms in total. The zero-order valence-corrected chi connectivity index (χ0v) is 13.9. The summed E-state index contributed by atoms with van der Waals surface area (Å²) in [5, 5.41) is 12.7. The van der Waals surface area contributed by atoms with Crippen molar-refractivity contribution in [1.29, 1.82) is 0 Å². The lowest BCUT2D eigenvalue weighted by molar-refractivity contribution is 0.0738. The lowest BCUT2D eigenvalue weighted by Gasteiger charge is -2.34. The minimum Gasteiger partial charge on any atom is -0.393 e. The van der Waals surface area contributed by atoms with E-state index in [4.69, 9.17) is 0 Å². The number of urea groups is 1. The zero-order valence-electron chi connectivity index (χ0n) is 13.9. The third-order valence-corrected chi connectivity index (χ3v) is 4.61. The van der Waals surface area contributed by atoms with E-state index in [2.05, 4.69) is 10.3 Å². The van der Waals surface area contributed by atoms with E-state index in [9.17, 15) is 9.90 Å². The van der Waals surface area contributed by atoms with Crippen LogP contribution in [0.25, 0.3) is 5.69 Å². The second kappa shape index (κ2) is 7.49. The molecule has 0 aliphatic carbocycles. The highest BCUT2D eigenvalue weighted by molar-refractivity contribution is 5.74. The first-order valence-corrected chi connectivity index (χ1v) is 8.41. The van der Waals surface area contributed by atoms with E-state index >= 15 is 0 Å². The standard InChI is InChI=1S/C18H24N4O2/c1-14(23)16-3-2-9-21(12-16)18(24)20-11-15-4-6-17(7-5-15)22-10-8-19-13-22/h4-8,10,13-14,16,23H,2-3,9,11-12H2,1H3,(H,20,24). The van der Waals surface area contributed by atoms with Gasteiger partial charge in [0, 0.05) is 43.6 Å². The third-order valence-electron chi connectivity index (χ3n) is 4.61. The molecule has 1 aromatic carbocycles. The van der Waals surface area contributed by atoms with E-state index in [1.807, 2.05) is 35.0 Å². The molecule has 1 aliphatic rings. The van der Waals surface area contributed by atoms with Crippen LogP contribution in [0.2, 0.25) is 0 Å². The van der Waals surface area contributed by atoms with Crippen molar-refractivity contribution in [1.82, 2.24) is 19.8 Å². The number of hydrogen-bond donors (Lipinski definition) is 2. The van der Waals surface area contributed by atoms with Crippen LogP contribution in [-0.4, -0.2) is 44.8 Å². The number of aliphatic hydroxyl groups is 1. The van der Waals surface area contributed by atoms with Gasteiger partial charge in [0.05, 0.1) is 12.4 Å². The van der Waals surface area contributed by atoms with Crippen molar-refractivity contribution in [3.05, 3.63) is 48.5 Å². The summed E-state index contributed by atoms with van der Waals surface area (Å²) < 4.78 is 1.94.